The molecule has 1 N–H and O–H groups in total. The molecule has 2 aromatic carbocycles. The molecule has 0 radical (unpaired) electrons. The minimum Gasteiger partial charge on any atom is -0.378 e. The van der Waals surface area contributed by atoms with Crippen molar-refractivity contribution >= 4 is 17.3 Å². The highest BCUT2D eigenvalue weighted by molar-refractivity contribution is 6.30. The third kappa shape index (κ3) is 2.08. The van der Waals surface area contributed by atoms with Gasteiger partial charge < -0.3 is 5.32 Å². The summed E-state index contributed by atoms with van der Waals surface area (Å²) in [4.78, 5) is 0. The lowest BCUT2D eigenvalue weighted by Crippen LogP contribution is -2.06. The van der Waals surface area contributed by atoms with E-state index >= 15 is 0 Å². The first-order valence-electron chi connectivity index (χ1n) is 6.03. The molecule has 0 amide bonds. The Bertz CT molecular complexity index is 565. The molecule has 0 spiro atoms. The number of benzene rings is 2. The Morgan fingerprint density at radius 3 is 2.67 bits per heavy atom. The molecule has 0 heterocycles. The predicted molar refractivity (Wildman–Crippen MR) is 72.5 cm³/mol. The van der Waals surface area contributed by atoms with Crippen LogP contribution in [0.3, 0.4) is 0 Å². The van der Waals surface area contributed by atoms with E-state index in [1.54, 1.807) is 6.07 Å². The summed E-state index contributed by atoms with van der Waals surface area (Å²) in [5.41, 5.74) is 2.94. The van der Waals surface area contributed by atoms with E-state index in [0.29, 0.717) is 0 Å². The summed E-state index contributed by atoms with van der Waals surface area (Å²) < 4.78 is 13.6. The first kappa shape index (κ1) is 11.5. The van der Waals surface area contributed by atoms with Crippen LogP contribution in [0.15, 0.2) is 42.5 Å². The van der Waals surface area contributed by atoms with Crippen LogP contribution in [0.5, 0.6) is 0 Å². The summed E-state index contributed by atoms with van der Waals surface area (Å²) in [6, 6.07) is 13.1. The fourth-order valence-electron chi connectivity index (χ4n) is 2.51. The van der Waals surface area contributed by atoms with Gasteiger partial charge in [0, 0.05) is 10.7 Å². The van der Waals surface area contributed by atoms with Crippen LogP contribution in [0.2, 0.25) is 5.02 Å². The highest BCUT2D eigenvalue weighted by Gasteiger charge is 2.24. The lowest BCUT2D eigenvalue weighted by Gasteiger charge is -2.15. The number of nitrogens with one attached hydrogen (secondary N) is 1. The molecule has 0 fully saturated rings. The third-order valence-electron chi connectivity index (χ3n) is 3.40. The van der Waals surface area contributed by atoms with Crippen LogP contribution in [0.4, 0.5) is 10.1 Å². The van der Waals surface area contributed by atoms with E-state index < -0.39 is 0 Å². The molecule has 0 bridgehead atoms. The number of hydrogen-bond donors (Lipinski definition) is 1. The number of fused-ring (bicyclic) bond motifs is 1. The van der Waals surface area contributed by atoms with E-state index in [-0.39, 0.29) is 11.9 Å². The van der Waals surface area contributed by atoms with Crippen molar-refractivity contribution in [2.24, 2.45) is 0 Å². The first-order valence-corrected chi connectivity index (χ1v) is 6.41. The zero-order valence-electron chi connectivity index (χ0n) is 9.79. The van der Waals surface area contributed by atoms with E-state index in [9.17, 15) is 4.39 Å². The summed E-state index contributed by atoms with van der Waals surface area (Å²) in [5.74, 6) is -0.0899. The SMILES string of the molecule is Fc1cccc2c1CCC2Nc1ccc(Cl)cc1. The molecule has 1 unspecified atom stereocenters. The van der Waals surface area contributed by atoms with Gasteiger partial charge in [0.1, 0.15) is 5.82 Å². The van der Waals surface area contributed by atoms with E-state index in [1.807, 2.05) is 30.3 Å². The van der Waals surface area contributed by atoms with Crippen molar-refractivity contribution in [2.45, 2.75) is 18.9 Å². The number of hydrogen-bond acceptors (Lipinski definition) is 1. The van der Waals surface area contributed by atoms with Gasteiger partial charge >= 0.3 is 0 Å². The van der Waals surface area contributed by atoms with Crippen molar-refractivity contribution in [3.63, 3.8) is 0 Å². The molecule has 18 heavy (non-hydrogen) atoms. The van der Waals surface area contributed by atoms with Gasteiger partial charge in [-0.1, -0.05) is 23.7 Å². The molecule has 1 aliphatic carbocycles. The van der Waals surface area contributed by atoms with E-state index in [2.05, 4.69) is 5.32 Å². The number of halogens is 2. The Kier molecular flexibility index (Phi) is 2.96. The van der Waals surface area contributed by atoms with Crippen LogP contribution >= 0.6 is 11.6 Å². The van der Waals surface area contributed by atoms with Gasteiger partial charge in [0.05, 0.1) is 6.04 Å². The van der Waals surface area contributed by atoms with Crippen molar-refractivity contribution in [2.75, 3.05) is 5.32 Å². The lowest BCUT2D eigenvalue weighted by atomic mass is 10.1. The molecule has 1 atom stereocenters. The average Bonchev–Trinajstić information content (AvgIpc) is 2.77. The smallest absolute Gasteiger partial charge is 0.126 e. The Balaban J connectivity index is 1.85. The molecule has 92 valence electrons. The molecule has 1 aliphatic rings. The van der Waals surface area contributed by atoms with Crippen LogP contribution in [-0.2, 0) is 6.42 Å². The second-order valence-electron chi connectivity index (χ2n) is 4.55. The molecular formula is C15H13ClFN. The maximum absolute atomic E-state index is 13.6. The Hall–Kier alpha value is -1.54. The van der Waals surface area contributed by atoms with Gasteiger partial charge in [-0.3, -0.25) is 0 Å². The van der Waals surface area contributed by atoms with E-state index in [4.69, 9.17) is 11.6 Å². The fourth-order valence-corrected chi connectivity index (χ4v) is 2.63. The van der Waals surface area contributed by atoms with Gasteiger partial charge in [-0.05, 0) is 54.3 Å². The van der Waals surface area contributed by atoms with E-state index in [0.717, 1.165) is 34.7 Å². The second-order valence-corrected chi connectivity index (χ2v) is 4.99. The van der Waals surface area contributed by atoms with Crippen LogP contribution in [0, 0.1) is 5.82 Å². The molecule has 0 aliphatic heterocycles. The standard InChI is InChI=1S/C15H13ClFN/c16-10-4-6-11(7-5-10)18-15-9-8-12-13(15)2-1-3-14(12)17/h1-7,15,18H,8-9H2. The lowest BCUT2D eigenvalue weighted by molar-refractivity contribution is 0.612. The third-order valence-corrected chi connectivity index (χ3v) is 3.65. The van der Waals surface area contributed by atoms with Gasteiger partial charge in [0.15, 0.2) is 0 Å². The van der Waals surface area contributed by atoms with Gasteiger partial charge in [-0.25, -0.2) is 4.39 Å². The summed E-state index contributed by atoms with van der Waals surface area (Å²) in [5, 5.41) is 4.15. The summed E-state index contributed by atoms with van der Waals surface area (Å²) in [6.45, 7) is 0. The van der Waals surface area contributed by atoms with Crippen LogP contribution in [0.1, 0.15) is 23.6 Å². The number of anilines is 1. The molecule has 2 aromatic rings. The quantitative estimate of drug-likeness (QED) is 0.834. The Morgan fingerprint density at radius 2 is 1.89 bits per heavy atom. The van der Waals surface area contributed by atoms with Gasteiger partial charge in [-0.2, -0.15) is 0 Å². The normalized spacial score (nSPS) is 17.6. The fraction of sp³-hybridized carbons (Fsp3) is 0.200. The van der Waals surface area contributed by atoms with Crippen LogP contribution in [-0.4, -0.2) is 0 Å². The van der Waals surface area contributed by atoms with Crippen LogP contribution in [0.25, 0.3) is 0 Å². The molecular weight excluding hydrogens is 249 g/mol. The summed E-state index contributed by atoms with van der Waals surface area (Å²) in [7, 11) is 0. The monoisotopic (exact) mass is 261 g/mol. The topological polar surface area (TPSA) is 12.0 Å². The zero-order chi connectivity index (χ0) is 12.5. The number of rotatable bonds is 2. The van der Waals surface area contributed by atoms with Crippen molar-refractivity contribution in [1.82, 2.24) is 0 Å². The predicted octanol–water partition coefficient (Wildman–Crippen LogP) is 4.58. The molecule has 3 rings (SSSR count). The average molecular weight is 262 g/mol. The largest absolute Gasteiger partial charge is 0.378 e. The van der Waals surface area contributed by atoms with Gasteiger partial charge in [-0.15, -0.1) is 0 Å². The minimum atomic E-state index is -0.0899. The van der Waals surface area contributed by atoms with Crippen molar-refractivity contribution < 1.29 is 4.39 Å². The Labute approximate surface area is 111 Å². The minimum absolute atomic E-state index is 0.0899. The molecule has 3 heteroatoms. The molecule has 1 nitrogen and oxygen atoms in total. The van der Waals surface area contributed by atoms with Crippen molar-refractivity contribution in [3.05, 3.63) is 64.4 Å². The summed E-state index contributed by atoms with van der Waals surface area (Å²) >= 11 is 5.85. The van der Waals surface area contributed by atoms with Crippen molar-refractivity contribution in [1.29, 1.82) is 0 Å². The molecule has 0 aromatic heterocycles. The summed E-state index contributed by atoms with van der Waals surface area (Å²) in [6.07, 6.45) is 1.73. The maximum atomic E-state index is 13.6. The van der Waals surface area contributed by atoms with Gasteiger partial charge in [0.25, 0.3) is 0 Å². The molecule has 0 saturated heterocycles. The highest BCUT2D eigenvalue weighted by Crippen LogP contribution is 2.35. The Morgan fingerprint density at radius 1 is 1.11 bits per heavy atom. The zero-order valence-corrected chi connectivity index (χ0v) is 10.5. The highest BCUT2D eigenvalue weighted by atomic mass is 35.5. The van der Waals surface area contributed by atoms with E-state index in [1.165, 1.54) is 6.07 Å². The first-order chi connectivity index (χ1) is 8.74. The molecule has 0 saturated carbocycles. The van der Waals surface area contributed by atoms with Gasteiger partial charge in [0.2, 0.25) is 0 Å². The second kappa shape index (κ2) is 4.62. The van der Waals surface area contributed by atoms with Crippen molar-refractivity contribution in [3.8, 4) is 0 Å². The van der Waals surface area contributed by atoms with Crippen LogP contribution < -0.4 is 5.32 Å². The maximum Gasteiger partial charge on any atom is 0.126 e.